The molecule has 6 nitrogen and oxygen atoms in total. The molecule has 3 atom stereocenters. The van der Waals surface area contributed by atoms with Crippen LogP contribution >= 0.6 is 12.4 Å². The van der Waals surface area contributed by atoms with Gasteiger partial charge >= 0.3 is 0 Å². The molecular formula is C21H26ClN3O3. The van der Waals surface area contributed by atoms with Crippen LogP contribution in [0.1, 0.15) is 35.0 Å². The Morgan fingerprint density at radius 2 is 1.96 bits per heavy atom. The number of fused-ring (bicyclic) bond motifs is 1. The molecule has 1 fully saturated rings. The Hall–Kier alpha value is -2.31. The third-order valence-electron chi connectivity index (χ3n) is 5.66. The van der Waals surface area contributed by atoms with Gasteiger partial charge in [-0.2, -0.15) is 0 Å². The number of piperidine rings is 1. The summed E-state index contributed by atoms with van der Waals surface area (Å²) in [4.78, 5) is 27.8. The summed E-state index contributed by atoms with van der Waals surface area (Å²) >= 11 is 0. The van der Waals surface area contributed by atoms with Crippen molar-refractivity contribution in [1.29, 1.82) is 0 Å². The van der Waals surface area contributed by atoms with E-state index in [4.69, 9.17) is 4.42 Å². The van der Waals surface area contributed by atoms with Crippen molar-refractivity contribution in [2.24, 2.45) is 5.92 Å². The van der Waals surface area contributed by atoms with Crippen molar-refractivity contribution in [3.63, 3.8) is 0 Å². The molecule has 2 aliphatic rings. The maximum absolute atomic E-state index is 13.2. The summed E-state index contributed by atoms with van der Waals surface area (Å²) in [5.74, 6) is 0.311. The third kappa shape index (κ3) is 4.08. The van der Waals surface area contributed by atoms with Crippen molar-refractivity contribution >= 4 is 24.2 Å². The van der Waals surface area contributed by atoms with Gasteiger partial charge in [0.25, 0.3) is 5.91 Å². The molecule has 0 radical (unpaired) electrons. The highest BCUT2D eigenvalue weighted by Gasteiger charge is 2.37. The van der Waals surface area contributed by atoms with Gasteiger partial charge in [0.2, 0.25) is 5.91 Å². The highest BCUT2D eigenvalue weighted by molar-refractivity contribution is 5.96. The number of carbonyl (C=O) groups excluding carboxylic acids is 2. The standard InChI is InChI=1S/C21H25N3O3.ClH/c1-14-12-22-9-8-17(14)23-20(25)18-11-15-5-2-3-6-16(15)13-24(18)21(26)19-7-4-10-27-19;/h2-7,10,14,17-18,22H,8-9,11-13H2,1H3,(H,23,25);1H. The quantitative estimate of drug-likeness (QED) is 0.825. The summed E-state index contributed by atoms with van der Waals surface area (Å²) in [5.41, 5.74) is 2.20. The zero-order valence-electron chi connectivity index (χ0n) is 15.9. The number of nitrogens with zero attached hydrogens (tertiary/aromatic N) is 1. The number of rotatable bonds is 3. The van der Waals surface area contributed by atoms with Crippen molar-refractivity contribution in [2.45, 2.75) is 38.4 Å². The minimum Gasteiger partial charge on any atom is -0.459 e. The first-order valence-electron chi connectivity index (χ1n) is 9.56. The largest absolute Gasteiger partial charge is 0.459 e. The molecule has 1 aromatic heterocycles. The van der Waals surface area contributed by atoms with Crippen LogP contribution in [0, 0.1) is 5.92 Å². The predicted molar refractivity (Wildman–Crippen MR) is 108 cm³/mol. The second-order valence-corrected chi connectivity index (χ2v) is 7.48. The van der Waals surface area contributed by atoms with Crippen LogP contribution in [0.3, 0.4) is 0 Å². The Kier molecular flexibility index (Phi) is 6.42. The lowest BCUT2D eigenvalue weighted by Crippen LogP contribution is -2.57. The van der Waals surface area contributed by atoms with Crippen LogP contribution in [0.25, 0.3) is 0 Å². The molecule has 7 heteroatoms. The maximum atomic E-state index is 13.2. The van der Waals surface area contributed by atoms with Gasteiger partial charge in [0.1, 0.15) is 6.04 Å². The summed E-state index contributed by atoms with van der Waals surface area (Å²) in [5, 5.41) is 6.54. The van der Waals surface area contributed by atoms with Crippen molar-refractivity contribution in [2.75, 3.05) is 13.1 Å². The van der Waals surface area contributed by atoms with Gasteiger partial charge in [0.05, 0.1) is 6.26 Å². The van der Waals surface area contributed by atoms with Crippen LogP contribution in [0.4, 0.5) is 0 Å². The first-order valence-corrected chi connectivity index (χ1v) is 9.56. The molecule has 0 aliphatic carbocycles. The number of hydrogen-bond acceptors (Lipinski definition) is 4. The van der Waals surface area contributed by atoms with E-state index in [1.165, 1.54) is 6.26 Å². The fourth-order valence-corrected chi connectivity index (χ4v) is 4.02. The number of halogens is 1. The van der Waals surface area contributed by atoms with Gasteiger partial charge in [-0.25, -0.2) is 0 Å². The SMILES string of the molecule is CC1CNCCC1NC(=O)C1Cc2ccccc2CN1C(=O)c1ccco1.Cl. The lowest BCUT2D eigenvalue weighted by molar-refractivity contribution is -0.127. The molecule has 0 bridgehead atoms. The molecule has 3 heterocycles. The molecule has 28 heavy (non-hydrogen) atoms. The normalized spacial score (nSPS) is 24.0. The van der Waals surface area contributed by atoms with Crippen molar-refractivity contribution in [3.8, 4) is 0 Å². The van der Waals surface area contributed by atoms with Gasteiger partial charge < -0.3 is 20.0 Å². The van der Waals surface area contributed by atoms with E-state index in [2.05, 4.69) is 17.6 Å². The van der Waals surface area contributed by atoms with E-state index in [-0.39, 0.29) is 36.0 Å². The summed E-state index contributed by atoms with van der Waals surface area (Å²) in [6.07, 6.45) is 2.91. The summed E-state index contributed by atoms with van der Waals surface area (Å²) in [6.45, 7) is 4.35. The first-order chi connectivity index (χ1) is 13.1. The monoisotopic (exact) mass is 403 g/mol. The highest BCUT2D eigenvalue weighted by atomic mass is 35.5. The smallest absolute Gasteiger partial charge is 0.290 e. The summed E-state index contributed by atoms with van der Waals surface area (Å²) in [7, 11) is 0. The van der Waals surface area contributed by atoms with Gasteiger partial charge in [-0.05, 0) is 48.7 Å². The zero-order valence-corrected chi connectivity index (χ0v) is 16.7. The Bertz CT molecular complexity index is 824. The van der Waals surface area contributed by atoms with Crippen LogP contribution in [0.15, 0.2) is 47.1 Å². The van der Waals surface area contributed by atoms with Crippen LogP contribution in [0.5, 0.6) is 0 Å². The Labute approximate surface area is 171 Å². The molecule has 2 aliphatic heterocycles. The number of benzene rings is 1. The lowest BCUT2D eigenvalue weighted by atomic mass is 9.91. The van der Waals surface area contributed by atoms with E-state index in [0.717, 1.165) is 30.6 Å². The summed E-state index contributed by atoms with van der Waals surface area (Å²) < 4.78 is 5.30. The van der Waals surface area contributed by atoms with Crippen LogP contribution in [-0.4, -0.2) is 41.9 Å². The van der Waals surface area contributed by atoms with E-state index in [9.17, 15) is 9.59 Å². The topological polar surface area (TPSA) is 74.6 Å². The molecule has 2 amide bonds. The second-order valence-electron chi connectivity index (χ2n) is 7.48. The Morgan fingerprint density at radius 3 is 2.68 bits per heavy atom. The lowest BCUT2D eigenvalue weighted by Gasteiger charge is -2.38. The van der Waals surface area contributed by atoms with E-state index in [1.54, 1.807) is 17.0 Å². The molecule has 1 saturated heterocycles. The van der Waals surface area contributed by atoms with E-state index in [1.807, 2.05) is 24.3 Å². The van der Waals surface area contributed by atoms with Crippen molar-refractivity contribution < 1.29 is 14.0 Å². The second kappa shape index (κ2) is 8.80. The molecule has 150 valence electrons. The maximum Gasteiger partial charge on any atom is 0.290 e. The number of carbonyl (C=O) groups is 2. The van der Waals surface area contributed by atoms with Crippen molar-refractivity contribution in [1.82, 2.24) is 15.5 Å². The van der Waals surface area contributed by atoms with E-state index < -0.39 is 6.04 Å². The predicted octanol–water partition coefficient (Wildman–Crippen LogP) is 2.38. The minimum absolute atomic E-state index is 0. The molecule has 2 aromatic rings. The highest BCUT2D eigenvalue weighted by Crippen LogP contribution is 2.26. The number of furan rings is 1. The molecule has 1 aromatic carbocycles. The van der Waals surface area contributed by atoms with Crippen LogP contribution in [0.2, 0.25) is 0 Å². The zero-order chi connectivity index (χ0) is 18.8. The average Bonchev–Trinajstić information content (AvgIpc) is 3.23. The van der Waals surface area contributed by atoms with E-state index in [0.29, 0.717) is 18.9 Å². The fraction of sp³-hybridized carbons (Fsp3) is 0.429. The number of hydrogen-bond donors (Lipinski definition) is 2. The molecular weight excluding hydrogens is 378 g/mol. The van der Waals surface area contributed by atoms with Gasteiger partial charge in [0.15, 0.2) is 5.76 Å². The number of nitrogens with one attached hydrogen (secondary N) is 2. The minimum atomic E-state index is -0.528. The van der Waals surface area contributed by atoms with Gasteiger partial charge in [-0.3, -0.25) is 9.59 Å². The van der Waals surface area contributed by atoms with Crippen LogP contribution in [-0.2, 0) is 17.8 Å². The van der Waals surface area contributed by atoms with E-state index >= 15 is 0 Å². The Balaban J connectivity index is 0.00000225. The first kappa shape index (κ1) is 20.4. The molecule has 4 rings (SSSR count). The Morgan fingerprint density at radius 1 is 1.18 bits per heavy atom. The van der Waals surface area contributed by atoms with Crippen molar-refractivity contribution in [3.05, 3.63) is 59.5 Å². The third-order valence-corrected chi connectivity index (χ3v) is 5.66. The molecule has 2 N–H and O–H groups in total. The van der Waals surface area contributed by atoms with Gasteiger partial charge in [0, 0.05) is 19.0 Å². The molecule has 0 saturated carbocycles. The van der Waals surface area contributed by atoms with Crippen LogP contribution < -0.4 is 10.6 Å². The summed E-state index contributed by atoms with van der Waals surface area (Å²) in [6, 6.07) is 10.9. The molecule has 0 spiro atoms. The average molecular weight is 404 g/mol. The van der Waals surface area contributed by atoms with Gasteiger partial charge in [-0.1, -0.05) is 31.2 Å². The fourth-order valence-electron chi connectivity index (χ4n) is 4.02. The number of amides is 2. The molecule has 3 unspecified atom stereocenters. The van der Waals surface area contributed by atoms with Gasteiger partial charge in [-0.15, -0.1) is 12.4 Å².